The van der Waals surface area contributed by atoms with Gasteiger partial charge in [-0.05, 0) is 170 Å². The molecule has 0 aliphatic carbocycles. The van der Waals surface area contributed by atoms with Gasteiger partial charge < -0.3 is 112 Å². The van der Waals surface area contributed by atoms with Gasteiger partial charge in [0.15, 0.2) is 0 Å². The van der Waals surface area contributed by atoms with Crippen molar-refractivity contribution in [2.24, 2.45) is 34.6 Å². The molecule has 1 aliphatic rings. The van der Waals surface area contributed by atoms with Crippen LogP contribution in [0, 0.1) is 5.92 Å². The number of benzene rings is 3. The van der Waals surface area contributed by atoms with Gasteiger partial charge in [-0.2, -0.15) is 9.78 Å². The van der Waals surface area contributed by atoms with E-state index in [1.165, 1.54) is 37.6 Å². The first kappa shape index (κ1) is 94.5. The maximum Gasteiger partial charge on any atom is 0.345 e. The van der Waals surface area contributed by atoms with E-state index in [-0.39, 0.29) is 116 Å². The normalized spacial score (nSPS) is 19.5. The van der Waals surface area contributed by atoms with E-state index in [0.29, 0.717) is 37.6 Å². The molecule has 24 N–H and O–H groups in total. The van der Waals surface area contributed by atoms with E-state index in [9.17, 15) is 77.3 Å². The number of rotatable bonds is 35. The van der Waals surface area contributed by atoms with E-state index in [0.717, 1.165) is 17.2 Å². The molecule has 636 valence electrons. The fraction of sp³-hybridized carbons (Fsp3) is 0.487. The van der Waals surface area contributed by atoms with Gasteiger partial charge in [0.25, 0.3) is 5.91 Å². The molecule has 12 atom stereocenters. The molecule has 1 unspecified atom stereocenters. The van der Waals surface area contributed by atoms with Gasteiger partial charge >= 0.3 is 12.0 Å². The van der Waals surface area contributed by atoms with Crippen molar-refractivity contribution in [2.75, 3.05) is 66.0 Å². The Bertz CT molecular complexity index is 4250. The number of nitrogens with zero attached hydrogens (tertiary/aromatic N) is 4. The largest absolute Gasteiger partial charge is 0.464 e. The number of amides is 13. The summed E-state index contributed by atoms with van der Waals surface area (Å²) in [4.78, 5) is 205. The van der Waals surface area contributed by atoms with Crippen LogP contribution >= 0.6 is 11.8 Å². The molecule has 0 spiro atoms. The Morgan fingerprint density at radius 2 is 1.21 bits per heavy atom. The van der Waals surface area contributed by atoms with Crippen molar-refractivity contribution >= 4 is 118 Å². The lowest BCUT2D eigenvalue weighted by Gasteiger charge is -2.29. The Kier molecular flexibility index (Phi) is 39.0. The number of carbonyl (C=O) groups is 14. The van der Waals surface area contributed by atoms with Gasteiger partial charge in [0.1, 0.15) is 67.0 Å². The third-order valence-corrected chi connectivity index (χ3v) is 19.6. The number of esters is 1. The van der Waals surface area contributed by atoms with E-state index in [2.05, 4.69) is 68.8 Å². The number of aliphatic hydroxyl groups excluding tert-OH is 2. The predicted molar refractivity (Wildman–Crippen MR) is 433 cm³/mol. The predicted octanol–water partition coefficient (Wildman–Crippen LogP) is -3.11. The zero-order valence-electron chi connectivity index (χ0n) is 66.4. The molecule has 0 bridgehead atoms. The summed E-state index contributed by atoms with van der Waals surface area (Å²) < 4.78 is 6.36. The van der Waals surface area contributed by atoms with Crippen molar-refractivity contribution in [1.29, 1.82) is 0 Å². The first-order valence-electron chi connectivity index (χ1n) is 38.7. The maximum atomic E-state index is 14.9. The van der Waals surface area contributed by atoms with Crippen LogP contribution in [-0.2, 0) is 68.7 Å². The lowest BCUT2D eigenvalue weighted by atomic mass is 10.00. The Labute approximate surface area is 681 Å². The molecule has 1 saturated heterocycles. The second-order valence-electron chi connectivity index (χ2n) is 28.2. The average Bonchev–Trinajstić information content (AvgIpc) is 1.63. The highest BCUT2D eigenvalue weighted by molar-refractivity contribution is 7.99. The van der Waals surface area contributed by atoms with Crippen molar-refractivity contribution in [3.63, 3.8) is 0 Å². The topological polar surface area (TPSA) is 597 Å². The number of pyridine rings is 1. The van der Waals surface area contributed by atoms with Crippen LogP contribution in [0.3, 0.4) is 0 Å². The minimum atomic E-state index is -1.89. The molecule has 0 saturated carbocycles. The molecule has 13 amide bonds. The Morgan fingerprint density at radius 1 is 0.632 bits per heavy atom. The van der Waals surface area contributed by atoms with Crippen LogP contribution in [0.5, 0.6) is 0 Å². The summed E-state index contributed by atoms with van der Waals surface area (Å²) in [5.74, 6) is -12.0. The van der Waals surface area contributed by atoms with Crippen LogP contribution in [0.25, 0.3) is 23.1 Å². The van der Waals surface area contributed by atoms with Crippen molar-refractivity contribution < 1.29 is 82.1 Å². The van der Waals surface area contributed by atoms with Crippen molar-refractivity contribution in [3.8, 4) is 0 Å². The van der Waals surface area contributed by atoms with Crippen LogP contribution in [0.2, 0.25) is 0 Å². The molecule has 0 radical (unpaired) electrons. The second-order valence-corrected chi connectivity index (χ2v) is 29.3. The van der Waals surface area contributed by atoms with Gasteiger partial charge in [0.05, 0.1) is 41.2 Å². The molecule has 1 aliphatic heterocycles. The third-order valence-electron chi connectivity index (χ3n) is 18.6. The average molecular weight is 1650 g/mol. The monoisotopic (exact) mass is 1650 g/mol. The molecular formula is C78H111N21O17S. The van der Waals surface area contributed by atoms with Crippen molar-refractivity contribution in [1.82, 2.24) is 83.5 Å². The molecule has 39 heteroatoms. The number of hydrogen-bond acceptors (Lipinski definition) is 25. The maximum absolute atomic E-state index is 14.9. The molecule has 2 aromatic heterocycles. The zero-order valence-corrected chi connectivity index (χ0v) is 67.3. The summed E-state index contributed by atoms with van der Waals surface area (Å²) in [7, 11) is 1.51. The number of aromatic nitrogens is 3. The van der Waals surface area contributed by atoms with Gasteiger partial charge in [0.2, 0.25) is 65.0 Å². The number of aliphatic hydroxyl groups is 2. The minimum Gasteiger partial charge on any atom is -0.464 e. The summed E-state index contributed by atoms with van der Waals surface area (Å²) in [5, 5.41) is 58.0. The molecule has 3 aromatic carbocycles. The van der Waals surface area contributed by atoms with Gasteiger partial charge in [0, 0.05) is 54.9 Å². The summed E-state index contributed by atoms with van der Waals surface area (Å²) in [6.45, 7) is 4.49. The van der Waals surface area contributed by atoms with E-state index < -0.39 is 169 Å². The van der Waals surface area contributed by atoms with Gasteiger partial charge in [-0.3, -0.25) is 67.3 Å². The number of nitrogens with two attached hydrogens (primary N) is 5. The highest BCUT2D eigenvalue weighted by Gasteiger charge is 2.38. The Balaban J connectivity index is 1.26. The smallest absolute Gasteiger partial charge is 0.345 e. The second kappa shape index (κ2) is 48.3. The van der Waals surface area contributed by atoms with Gasteiger partial charge in [-0.1, -0.05) is 74.1 Å². The quantitative estimate of drug-likeness (QED) is 0.0179. The SMILES string of the molecule is CNC(=O)c1ccccc1Sc1ccc2c(/C=C/c3ccccn3)nn(C(=O)N(CCOC(C)=O)CCC(=O)N[C@@H](CCN)C(=O)N[C@H](C(=O)N[C@@H](CCN)C(=O)N[C@H]3CCNC(=O)[C@@H]([C@@H](C)O)NC(=O)[C@H](CCN)NC(=O)[C@H](CCN)NC(=O)[C@H](CC(C)C)NC(=O)C(CCc4ccccc4)NC(=O)[C@H](CCN)NC3=O)[C@@H](C)O)c2c1. The molecule has 6 rings (SSSR count). The van der Waals surface area contributed by atoms with E-state index >= 15 is 0 Å². The lowest BCUT2D eigenvalue weighted by Crippen LogP contribution is -2.62. The number of fused-ring (bicyclic) bond motifs is 1. The summed E-state index contributed by atoms with van der Waals surface area (Å²) in [6.07, 6.45) is -0.491. The van der Waals surface area contributed by atoms with Crippen LogP contribution in [0.15, 0.2) is 107 Å². The van der Waals surface area contributed by atoms with Crippen LogP contribution in [0.4, 0.5) is 4.79 Å². The molecular weight excluding hydrogens is 1540 g/mol. The Morgan fingerprint density at radius 3 is 1.78 bits per heavy atom. The number of hydrogen-bond donors (Lipinski definition) is 19. The molecule has 3 heterocycles. The first-order chi connectivity index (χ1) is 55.9. The lowest BCUT2D eigenvalue weighted by molar-refractivity contribution is -0.141. The number of carbonyl (C=O) groups excluding carboxylic acids is 14. The highest BCUT2D eigenvalue weighted by Crippen LogP contribution is 2.34. The first-order valence-corrected chi connectivity index (χ1v) is 39.5. The molecule has 38 nitrogen and oxygen atoms in total. The minimum absolute atomic E-state index is 0.0178. The highest BCUT2D eigenvalue weighted by atomic mass is 32.2. The standard InChI is InChI=1S/C78H111N21O17S/c1-44(2)42-61-75(112)91-57(27-34-81)70(107)90-59(29-36-83)74(111)95-65(45(3)100)76(113)86-38-30-60(72(109)89-56(26-33-80)69(106)88-54(68(105)94-61)23-19-48-14-8-7-9-15-48)92-71(108)58(28-35-82)93-77(114)66(46(4)101)96-73(110)55(25-32-79)87-64(103)31-39-98(40-41-116-47(5)102)78(115)99-62-43-50(117-63-18-11-10-17-52(63)67(104)84-6)21-22-51(62)53(97-99)24-20-49-16-12-13-37-85-49/h7-18,20-22,24,37,43-46,54-61,65-66,100-101H,19,23,25-36,38-42,79-83H2,1-6H3,(H,84,104)(H,86,113)(H,87,103)(H,88,106)(H,89,109)(H,90,107)(H,91,112)(H,92,108)(H,93,114)(H,94,105)(H,95,111)(H,96,110)/b24-20+/t45-,46-,54?,55+,56+,57+,58+,59+,60+,61+,65-,66+/m1/s1. The number of nitrogens with one attached hydrogen (secondary N) is 12. The number of aryl methyl sites for hydroxylation is 1. The molecule has 1 fully saturated rings. The summed E-state index contributed by atoms with van der Waals surface area (Å²) in [6, 6.07) is 9.93. The third kappa shape index (κ3) is 29.7. The van der Waals surface area contributed by atoms with Crippen molar-refractivity contribution in [3.05, 3.63) is 120 Å². The van der Waals surface area contributed by atoms with Crippen LogP contribution in [0.1, 0.15) is 120 Å². The van der Waals surface area contributed by atoms with Crippen LogP contribution < -0.4 is 92.5 Å². The van der Waals surface area contributed by atoms with E-state index in [1.807, 2.05) is 0 Å². The van der Waals surface area contributed by atoms with E-state index in [1.54, 1.807) is 123 Å². The van der Waals surface area contributed by atoms with Gasteiger partial charge in [-0.15, -0.1) is 0 Å². The van der Waals surface area contributed by atoms with Gasteiger partial charge in [-0.25, -0.2) is 4.79 Å². The summed E-state index contributed by atoms with van der Waals surface area (Å²) in [5.41, 5.74) is 32.2. The fourth-order valence-electron chi connectivity index (χ4n) is 12.4. The summed E-state index contributed by atoms with van der Waals surface area (Å²) >= 11 is 1.26. The number of ether oxygens (including phenoxy) is 1. The Hall–Kier alpha value is -11.3. The van der Waals surface area contributed by atoms with E-state index in [4.69, 9.17) is 38.5 Å². The fourth-order valence-corrected chi connectivity index (χ4v) is 13.3. The zero-order chi connectivity index (χ0) is 85.8. The molecule has 5 aromatic rings. The van der Waals surface area contributed by atoms with Crippen LogP contribution in [-0.4, -0.2) is 251 Å². The molecule has 117 heavy (non-hydrogen) atoms. The van der Waals surface area contributed by atoms with Crippen molar-refractivity contribution in [2.45, 2.75) is 181 Å².